The van der Waals surface area contributed by atoms with E-state index in [1.165, 1.54) is 16.7 Å². The monoisotopic (exact) mass is 304 g/mol. The lowest BCUT2D eigenvalue weighted by Crippen LogP contribution is -2.41. The molecule has 0 radical (unpaired) electrons. The van der Waals surface area contributed by atoms with Crippen LogP contribution >= 0.6 is 0 Å². The Morgan fingerprint density at radius 1 is 1.04 bits per heavy atom. The summed E-state index contributed by atoms with van der Waals surface area (Å²) in [6.07, 6.45) is 7.55. The molecule has 0 amide bonds. The van der Waals surface area contributed by atoms with Gasteiger partial charge in [0.1, 0.15) is 5.60 Å². The van der Waals surface area contributed by atoms with Crippen LogP contribution in [0.25, 0.3) is 0 Å². The predicted molar refractivity (Wildman–Crippen MR) is 90.1 cm³/mol. The van der Waals surface area contributed by atoms with Gasteiger partial charge in [-0.2, -0.15) is 0 Å². The van der Waals surface area contributed by atoms with Crippen LogP contribution in [0.15, 0.2) is 73.3 Å². The van der Waals surface area contributed by atoms with Gasteiger partial charge in [0, 0.05) is 18.8 Å². The number of rotatable bonds is 4. The number of nitrogens with zero attached hydrogens (tertiary/aromatic N) is 2. The Hall–Kier alpha value is -2.39. The Kier molecular flexibility index (Phi) is 3.72. The first-order valence-corrected chi connectivity index (χ1v) is 8.08. The van der Waals surface area contributed by atoms with E-state index in [1.54, 1.807) is 0 Å². The van der Waals surface area contributed by atoms with Crippen LogP contribution in [0.3, 0.4) is 0 Å². The normalized spacial score (nSPS) is 20.2. The predicted octanol–water partition coefficient (Wildman–Crippen LogP) is 3.59. The molecule has 3 nitrogen and oxygen atoms in total. The average molecular weight is 304 g/mol. The number of ether oxygens (including phenoxy) is 1. The minimum Gasteiger partial charge on any atom is -0.368 e. The van der Waals surface area contributed by atoms with Crippen LogP contribution in [0.4, 0.5) is 0 Å². The lowest BCUT2D eigenvalue weighted by molar-refractivity contribution is -0.0724. The van der Waals surface area contributed by atoms with Crippen LogP contribution in [0.5, 0.6) is 0 Å². The molecule has 3 heteroatoms. The highest BCUT2D eigenvalue weighted by Crippen LogP contribution is 2.37. The zero-order valence-corrected chi connectivity index (χ0v) is 13.1. The highest BCUT2D eigenvalue weighted by atomic mass is 16.5. The average Bonchev–Trinajstić information content (AvgIpc) is 3.09. The molecule has 0 aliphatic carbocycles. The molecular formula is C20H20N2O. The number of aromatic nitrogens is 2. The van der Waals surface area contributed by atoms with Gasteiger partial charge in [-0.05, 0) is 23.1 Å². The third kappa shape index (κ3) is 2.80. The van der Waals surface area contributed by atoms with Gasteiger partial charge >= 0.3 is 0 Å². The molecule has 4 rings (SSSR count). The third-order valence-electron chi connectivity index (χ3n) is 4.59. The summed E-state index contributed by atoms with van der Waals surface area (Å²) in [5.41, 5.74) is 3.67. The van der Waals surface area contributed by atoms with Crippen molar-refractivity contribution in [3.05, 3.63) is 90.0 Å². The number of hydrogen-bond donors (Lipinski definition) is 0. The molecule has 23 heavy (non-hydrogen) atoms. The maximum atomic E-state index is 6.42. The molecule has 0 N–H and O–H groups in total. The van der Waals surface area contributed by atoms with Crippen LogP contribution in [-0.4, -0.2) is 16.2 Å². The molecule has 1 aliphatic rings. The number of benzene rings is 2. The zero-order chi connectivity index (χ0) is 15.5. The fraction of sp³-hybridized carbons (Fsp3) is 0.250. The smallest absolute Gasteiger partial charge is 0.115 e. The highest BCUT2D eigenvalue weighted by molar-refractivity contribution is 5.36. The first-order valence-electron chi connectivity index (χ1n) is 8.08. The van der Waals surface area contributed by atoms with E-state index in [-0.39, 0.29) is 5.60 Å². The van der Waals surface area contributed by atoms with E-state index in [0.29, 0.717) is 0 Å². The molecule has 1 atom stereocenters. The van der Waals surface area contributed by atoms with E-state index in [9.17, 15) is 0 Å². The van der Waals surface area contributed by atoms with Crippen molar-refractivity contribution in [2.45, 2.75) is 25.0 Å². The molecule has 1 unspecified atom stereocenters. The zero-order valence-electron chi connectivity index (χ0n) is 13.1. The molecule has 3 aromatic rings. The number of imidazole rings is 1. The van der Waals surface area contributed by atoms with E-state index in [0.717, 1.165) is 26.0 Å². The Morgan fingerprint density at radius 2 is 1.87 bits per heavy atom. The van der Waals surface area contributed by atoms with E-state index in [2.05, 4.69) is 64.1 Å². The van der Waals surface area contributed by atoms with Crippen molar-refractivity contribution < 1.29 is 4.74 Å². The van der Waals surface area contributed by atoms with Gasteiger partial charge in [0.05, 0.1) is 19.5 Å². The summed E-state index contributed by atoms with van der Waals surface area (Å²) < 4.78 is 8.54. The van der Waals surface area contributed by atoms with Crippen LogP contribution in [0.2, 0.25) is 0 Å². The molecular weight excluding hydrogens is 284 g/mol. The van der Waals surface area contributed by atoms with Crippen molar-refractivity contribution in [1.82, 2.24) is 9.55 Å². The molecule has 0 bridgehead atoms. The second-order valence-electron chi connectivity index (χ2n) is 6.15. The summed E-state index contributed by atoms with van der Waals surface area (Å²) in [5, 5.41) is 0. The fourth-order valence-corrected chi connectivity index (χ4v) is 3.55. The molecule has 0 saturated heterocycles. The quantitative estimate of drug-likeness (QED) is 0.736. The van der Waals surface area contributed by atoms with Gasteiger partial charge in [0.2, 0.25) is 0 Å². The standard InChI is InChI=1S/C20H20N2O/c1-2-6-17(7-3-1)14-20(15-22-12-11-21-16-22)19-9-5-4-8-18(19)10-13-23-20/h1-9,11-12,16H,10,13-15H2. The van der Waals surface area contributed by atoms with Crippen LogP contribution in [-0.2, 0) is 29.7 Å². The molecule has 0 fully saturated rings. The van der Waals surface area contributed by atoms with Crippen molar-refractivity contribution in [2.75, 3.05) is 6.61 Å². The first-order chi connectivity index (χ1) is 11.4. The van der Waals surface area contributed by atoms with Gasteiger partial charge in [-0.1, -0.05) is 54.6 Å². The van der Waals surface area contributed by atoms with Crippen LogP contribution in [0.1, 0.15) is 16.7 Å². The largest absolute Gasteiger partial charge is 0.368 e. The lowest BCUT2D eigenvalue weighted by atomic mass is 9.81. The molecule has 2 heterocycles. The minimum absolute atomic E-state index is 0.336. The van der Waals surface area contributed by atoms with Crippen LogP contribution < -0.4 is 0 Å². The molecule has 1 aromatic heterocycles. The van der Waals surface area contributed by atoms with Gasteiger partial charge in [-0.15, -0.1) is 0 Å². The summed E-state index contributed by atoms with van der Waals surface area (Å²) in [7, 11) is 0. The Balaban J connectivity index is 1.78. The maximum absolute atomic E-state index is 6.42. The van der Waals surface area contributed by atoms with Crippen molar-refractivity contribution in [3.8, 4) is 0 Å². The van der Waals surface area contributed by atoms with Crippen molar-refractivity contribution in [1.29, 1.82) is 0 Å². The molecule has 0 saturated carbocycles. The molecule has 1 aliphatic heterocycles. The van der Waals surface area contributed by atoms with Crippen molar-refractivity contribution in [2.24, 2.45) is 0 Å². The summed E-state index contributed by atoms with van der Waals surface area (Å²) in [4.78, 5) is 4.19. The Morgan fingerprint density at radius 3 is 2.70 bits per heavy atom. The SMILES string of the molecule is c1ccc(CC2(Cn3ccnc3)OCCc3ccccc32)cc1. The third-order valence-corrected chi connectivity index (χ3v) is 4.59. The van der Waals surface area contributed by atoms with E-state index in [1.807, 2.05) is 18.7 Å². The van der Waals surface area contributed by atoms with Gasteiger partial charge in [0.25, 0.3) is 0 Å². The Bertz CT molecular complexity index is 767. The summed E-state index contributed by atoms with van der Waals surface area (Å²) in [6.45, 7) is 1.54. The van der Waals surface area contributed by atoms with Crippen molar-refractivity contribution >= 4 is 0 Å². The summed E-state index contributed by atoms with van der Waals surface area (Å²) in [6, 6.07) is 19.3. The maximum Gasteiger partial charge on any atom is 0.115 e. The van der Waals surface area contributed by atoms with Gasteiger partial charge in [-0.3, -0.25) is 0 Å². The number of fused-ring (bicyclic) bond motifs is 1. The summed E-state index contributed by atoms with van der Waals surface area (Å²) in [5.74, 6) is 0. The Labute approximate surface area is 136 Å². The topological polar surface area (TPSA) is 27.1 Å². The van der Waals surface area contributed by atoms with Gasteiger partial charge in [-0.25, -0.2) is 4.98 Å². The van der Waals surface area contributed by atoms with E-state index >= 15 is 0 Å². The van der Waals surface area contributed by atoms with Crippen LogP contribution in [0, 0.1) is 0 Å². The molecule has 116 valence electrons. The first kappa shape index (κ1) is 14.2. The number of hydrogen-bond acceptors (Lipinski definition) is 2. The fourth-order valence-electron chi connectivity index (χ4n) is 3.55. The molecule has 0 spiro atoms. The van der Waals surface area contributed by atoms with Gasteiger partial charge < -0.3 is 9.30 Å². The highest BCUT2D eigenvalue weighted by Gasteiger charge is 2.38. The molecule has 2 aromatic carbocycles. The summed E-state index contributed by atoms with van der Waals surface area (Å²) >= 11 is 0. The minimum atomic E-state index is -0.336. The second kappa shape index (κ2) is 6.01. The second-order valence-corrected chi connectivity index (χ2v) is 6.15. The van der Waals surface area contributed by atoms with E-state index < -0.39 is 0 Å². The van der Waals surface area contributed by atoms with Gasteiger partial charge in [0.15, 0.2) is 0 Å². The van der Waals surface area contributed by atoms with E-state index in [4.69, 9.17) is 4.74 Å². The van der Waals surface area contributed by atoms with Crippen molar-refractivity contribution in [3.63, 3.8) is 0 Å². The lowest BCUT2D eigenvalue weighted by Gasteiger charge is -2.39.